The Morgan fingerprint density at radius 1 is 1.00 bits per heavy atom. The van der Waals surface area contributed by atoms with E-state index in [4.69, 9.17) is 4.42 Å². The smallest absolute Gasteiger partial charge is 0.266 e. The second-order valence-electron chi connectivity index (χ2n) is 8.20. The maximum Gasteiger partial charge on any atom is 0.266 e. The molecule has 0 bridgehead atoms. The summed E-state index contributed by atoms with van der Waals surface area (Å²) in [7, 11) is 0. The zero-order chi connectivity index (χ0) is 20.8. The maximum absolute atomic E-state index is 13.2. The standard InChI is InChI=1S/C25H28N2O3/c28-23(17-19-11-5-2-6-12-19)26-21(16-15-18-9-3-1-4-10-18)24(29)25-27-20-13-7-8-14-22(20)30-25/h1,3-4,7-10,13-14,19,21H,2,5-6,11-12,15-17H2,(H,26,28)/t21-/m0/s1. The summed E-state index contributed by atoms with van der Waals surface area (Å²) in [5.41, 5.74) is 2.36. The van der Waals surface area contributed by atoms with E-state index >= 15 is 0 Å². The number of oxazole rings is 1. The van der Waals surface area contributed by atoms with E-state index < -0.39 is 6.04 Å². The third kappa shape index (κ3) is 5.15. The number of aryl methyl sites for hydroxylation is 1. The fourth-order valence-electron chi connectivity index (χ4n) is 4.26. The normalized spacial score (nSPS) is 15.7. The van der Waals surface area contributed by atoms with E-state index in [9.17, 15) is 9.59 Å². The number of hydrogen-bond donors (Lipinski definition) is 1. The van der Waals surface area contributed by atoms with Gasteiger partial charge in [0.05, 0.1) is 6.04 Å². The quantitative estimate of drug-likeness (QED) is 0.530. The zero-order valence-electron chi connectivity index (χ0n) is 17.2. The van der Waals surface area contributed by atoms with Crippen molar-refractivity contribution in [2.24, 2.45) is 5.92 Å². The highest BCUT2D eigenvalue weighted by Gasteiger charge is 2.27. The van der Waals surface area contributed by atoms with Crippen molar-refractivity contribution in [2.45, 2.75) is 57.4 Å². The number of aromatic nitrogens is 1. The Balaban J connectivity index is 1.47. The molecule has 1 aromatic heterocycles. The molecule has 30 heavy (non-hydrogen) atoms. The summed E-state index contributed by atoms with van der Waals surface area (Å²) >= 11 is 0. The predicted octanol–water partition coefficient (Wildman–Crippen LogP) is 5.10. The van der Waals surface area contributed by atoms with Crippen LogP contribution >= 0.6 is 0 Å². The van der Waals surface area contributed by atoms with Crippen LogP contribution in [0.2, 0.25) is 0 Å². The monoisotopic (exact) mass is 404 g/mol. The molecule has 0 saturated heterocycles. The lowest BCUT2D eigenvalue weighted by molar-refractivity contribution is -0.122. The van der Waals surface area contributed by atoms with Gasteiger partial charge in [0.2, 0.25) is 11.7 Å². The molecule has 2 aromatic carbocycles. The van der Waals surface area contributed by atoms with Crippen molar-refractivity contribution in [3.63, 3.8) is 0 Å². The number of carbonyl (C=O) groups is 2. The van der Waals surface area contributed by atoms with Gasteiger partial charge in [0.15, 0.2) is 5.58 Å². The second kappa shape index (κ2) is 9.70. The van der Waals surface area contributed by atoms with Crippen LogP contribution in [0.4, 0.5) is 0 Å². The van der Waals surface area contributed by atoms with Gasteiger partial charge >= 0.3 is 0 Å². The van der Waals surface area contributed by atoms with E-state index in [-0.39, 0.29) is 17.6 Å². The summed E-state index contributed by atoms with van der Waals surface area (Å²) in [5.74, 6) is 0.170. The van der Waals surface area contributed by atoms with Crippen LogP contribution in [0.5, 0.6) is 0 Å². The van der Waals surface area contributed by atoms with Gasteiger partial charge < -0.3 is 9.73 Å². The van der Waals surface area contributed by atoms with Crippen LogP contribution in [0.1, 0.15) is 61.2 Å². The molecule has 5 nitrogen and oxygen atoms in total. The number of amides is 1. The first kappa shape index (κ1) is 20.3. The molecule has 1 N–H and O–H groups in total. The minimum atomic E-state index is -0.644. The lowest BCUT2D eigenvalue weighted by atomic mass is 9.86. The summed E-state index contributed by atoms with van der Waals surface area (Å²) in [5, 5.41) is 2.99. The Morgan fingerprint density at radius 3 is 2.50 bits per heavy atom. The van der Waals surface area contributed by atoms with Crippen molar-refractivity contribution in [2.75, 3.05) is 0 Å². The number of para-hydroxylation sites is 2. The van der Waals surface area contributed by atoms with Gasteiger partial charge in [-0.25, -0.2) is 4.98 Å². The van der Waals surface area contributed by atoms with Crippen LogP contribution in [-0.2, 0) is 11.2 Å². The fourth-order valence-corrected chi connectivity index (χ4v) is 4.26. The van der Waals surface area contributed by atoms with E-state index in [2.05, 4.69) is 10.3 Å². The van der Waals surface area contributed by atoms with E-state index in [1.807, 2.05) is 48.5 Å². The molecule has 1 heterocycles. The molecule has 0 aliphatic heterocycles. The lowest BCUT2D eigenvalue weighted by Crippen LogP contribution is -2.42. The molecular weight excluding hydrogens is 376 g/mol. The molecule has 1 fully saturated rings. The predicted molar refractivity (Wildman–Crippen MR) is 116 cm³/mol. The van der Waals surface area contributed by atoms with E-state index in [1.165, 1.54) is 19.3 Å². The molecule has 1 atom stereocenters. The number of rotatable bonds is 8. The first-order chi connectivity index (χ1) is 14.7. The Kier molecular flexibility index (Phi) is 6.57. The largest absolute Gasteiger partial charge is 0.434 e. The summed E-state index contributed by atoms with van der Waals surface area (Å²) < 4.78 is 5.68. The minimum Gasteiger partial charge on any atom is -0.434 e. The van der Waals surface area contributed by atoms with Gasteiger partial charge in [-0.1, -0.05) is 61.7 Å². The molecule has 1 saturated carbocycles. The van der Waals surface area contributed by atoms with E-state index in [0.29, 0.717) is 36.3 Å². The minimum absolute atomic E-state index is 0.0515. The Morgan fingerprint density at radius 2 is 1.73 bits per heavy atom. The van der Waals surface area contributed by atoms with Gasteiger partial charge in [0.25, 0.3) is 5.89 Å². The zero-order valence-corrected chi connectivity index (χ0v) is 17.2. The average molecular weight is 405 g/mol. The SMILES string of the molecule is O=C(CC1CCCCC1)N[C@@H](CCc1ccccc1)C(=O)c1nc2ccccc2o1. The van der Waals surface area contributed by atoms with Gasteiger partial charge in [-0.2, -0.15) is 0 Å². The fraction of sp³-hybridized carbons (Fsp3) is 0.400. The molecule has 1 aliphatic rings. The Labute approximate surface area is 176 Å². The molecule has 4 rings (SSSR count). The topological polar surface area (TPSA) is 72.2 Å². The number of hydrogen-bond acceptors (Lipinski definition) is 4. The molecule has 0 spiro atoms. The summed E-state index contributed by atoms with van der Waals surface area (Å²) in [6.07, 6.45) is 7.53. The lowest BCUT2D eigenvalue weighted by Gasteiger charge is -2.22. The van der Waals surface area contributed by atoms with Crippen molar-refractivity contribution in [1.82, 2.24) is 10.3 Å². The van der Waals surface area contributed by atoms with Gasteiger partial charge in [0.1, 0.15) is 5.52 Å². The van der Waals surface area contributed by atoms with Gasteiger partial charge in [-0.3, -0.25) is 9.59 Å². The highest BCUT2D eigenvalue weighted by atomic mass is 16.4. The third-order valence-corrected chi connectivity index (χ3v) is 5.92. The second-order valence-corrected chi connectivity index (χ2v) is 8.20. The number of nitrogens with one attached hydrogen (secondary N) is 1. The van der Waals surface area contributed by atoms with Crippen molar-refractivity contribution in [3.8, 4) is 0 Å². The van der Waals surface area contributed by atoms with Crippen LogP contribution in [0.15, 0.2) is 59.0 Å². The van der Waals surface area contributed by atoms with Crippen LogP contribution in [-0.4, -0.2) is 22.7 Å². The number of ketones is 1. The maximum atomic E-state index is 13.2. The van der Waals surface area contributed by atoms with E-state index in [1.54, 1.807) is 6.07 Å². The Bertz CT molecular complexity index is 957. The van der Waals surface area contributed by atoms with E-state index in [0.717, 1.165) is 18.4 Å². The van der Waals surface area contributed by atoms with Crippen LogP contribution < -0.4 is 5.32 Å². The molecule has 0 radical (unpaired) electrons. The number of Topliss-reactive ketones (excluding diaryl/α,β-unsaturated/α-hetero) is 1. The number of benzene rings is 2. The van der Waals surface area contributed by atoms with Gasteiger partial charge in [-0.05, 0) is 49.3 Å². The van der Waals surface area contributed by atoms with Gasteiger partial charge in [-0.15, -0.1) is 0 Å². The van der Waals surface area contributed by atoms with Crippen LogP contribution in [0.3, 0.4) is 0 Å². The molecule has 5 heteroatoms. The van der Waals surface area contributed by atoms with Crippen LogP contribution in [0.25, 0.3) is 11.1 Å². The van der Waals surface area contributed by atoms with Crippen LogP contribution in [0, 0.1) is 5.92 Å². The first-order valence-electron chi connectivity index (χ1n) is 10.9. The molecule has 156 valence electrons. The highest BCUT2D eigenvalue weighted by Crippen LogP contribution is 2.26. The average Bonchev–Trinajstić information content (AvgIpc) is 3.22. The number of nitrogens with zero attached hydrogens (tertiary/aromatic N) is 1. The summed E-state index contributed by atoms with van der Waals surface area (Å²) in [4.78, 5) is 30.3. The Hall–Kier alpha value is -2.95. The summed E-state index contributed by atoms with van der Waals surface area (Å²) in [6, 6.07) is 16.7. The molecule has 1 amide bonds. The summed E-state index contributed by atoms with van der Waals surface area (Å²) in [6.45, 7) is 0. The van der Waals surface area contributed by atoms with Crippen molar-refractivity contribution >= 4 is 22.8 Å². The van der Waals surface area contributed by atoms with Crippen molar-refractivity contribution in [3.05, 3.63) is 66.1 Å². The highest BCUT2D eigenvalue weighted by molar-refractivity contribution is 6.00. The molecule has 1 aliphatic carbocycles. The number of fused-ring (bicyclic) bond motifs is 1. The molecule has 3 aromatic rings. The van der Waals surface area contributed by atoms with Crippen molar-refractivity contribution < 1.29 is 14.0 Å². The van der Waals surface area contributed by atoms with Crippen molar-refractivity contribution in [1.29, 1.82) is 0 Å². The molecule has 0 unspecified atom stereocenters. The molecular formula is C25H28N2O3. The first-order valence-corrected chi connectivity index (χ1v) is 10.9. The third-order valence-electron chi connectivity index (χ3n) is 5.92. The number of carbonyl (C=O) groups excluding carboxylic acids is 2. The van der Waals surface area contributed by atoms with Gasteiger partial charge in [0, 0.05) is 6.42 Å².